The summed E-state index contributed by atoms with van der Waals surface area (Å²) in [7, 11) is -19.4. The van der Waals surface area contributed by atoms with Crippen molar-refractivity contribution < 1.29 is 76.5 Å². The topological polar surface area (TPSA) is 473 Å². The number of aromatic nitrogens is 3. The van der Waals surface area contributed by atoms with Crippen LogP contribution in [0.2, 0.25) is 0 Å². The van der Waals surface area contributed by atoms with Gasteiger partial charge in [-0.1, -0.05) is 23.5 Å². The van der Waals surface area contributed by atoms with Crippen molar-refractivity contribution in [2.75, 3.05) is 16.0 Å². The number of thiazole rings is 1. The first-order valence-corrected chi connectivity index (χ1v) is 28.8. The molecule has 0 atom stereocenters. The number of hydrogen-bond donors (Lipinski definition) is 9. The van der Waals surface area contributed by atoms with Crippen molar-refractivity contribution in [3.05, 3.63) is 155 Å². The molecular formula is C48H32N12O17S5. The third-order valence-electron chi connectivity index (χ3n) is 11.2. The summed E-state index contributed by atoms with van der Waals surface area (Å²) in [6, 6.07) is 25.0. The summed E-state index contributed by atoms with van der Waals surface area (Å²) < 4.78 is 134. The maximum Gasteiger partial charge on any atom is 0.335 e. The molecule has 0 aliphatic carbocycles. The minimum atomic E-state index is -5.08. The van der Waals surface area contributed by atoms with E-state index in [9.17, 15) is 87.0 Å². The van der Waals surface area contributed by atoms with Gasteiger partial charge in [0, 0.05) is 45.6 Å². The zero-order chi connectivity index (χ0) is 59.6. The van der Waals surface area contributed by atoms with Gasteiger partial charge in [-0.3, -0.25) is 27.6 Å². The fraction of sp³-hybridized carbons (Fsp3) is 0.0208. The second-order valence-corrected chi connectivity index (χ2v) is 23.3. The van der Waals surface area contributed by atoms with Crippen LogP contribution < -0.4 is 16.0 Å². The fourth-order valence-electron chi connectivity index (χ4n) is 7.34. The molecule has 0 bridgehead atoms. The molecule has 0 aliphatic heterocycles. The van der Waals surface area contributed by atoms with E-state index in [1.807, 2.05) is 12.1 Å². The molecule has 5 aromatic carbocycles. The van der Waals surface area contributed by atoms with Crippen molar-refractivity contribution in [3.63, 3.8) is 0 Å². The Kier molecular flexibility index (Phi) is 16.0. The van der Waals surface area contributed by atoms with E-state index in [2.05, 4.69) is 46.4 Å². The van der Waals surface area contributed by atoms with Gasteiger partial charge in [0.25, 0.3) is 46.4 Å². The van der Waals surface area contributed by atoms with Crippen molar-refractivity contribution in [3.8, 4) is 29.1 Å². The lowest BCUT2D eigenvalue weighted by atomic mass is 10.1. The van der Waals surface area contributed by atoms with Crippen molar-refractivity contribution >= 4 is 120 Å². The van der Waals surface area contributed by atoms with E-state index in [-0.39, 0.29) is 84.0 Å². The Morgan fingerprint density at radius 3 is 1.57 bits per heavy atom. The van der Waals surface area contributed by atoms with Crippen LogP contribution in [0.4, 0.5) is 50.3 Å². The highest BCUT2D eigenvalue weighted by Gasteiger charge is 2.24. The maximum atomic E-state index is 13.3. The highest BCUT2D eigenvalue weighted by Crippen LogP contribution is 2.43. The third-order valence-corrected chi connectivity index (χ3v) is 15.5. The Bertz CT molecular complexity index is 4510. The molecule has 416 valence electrons. The molecule has 0 unspecified atom stereocenters. The predicted molar refractivity (Wildman–Crippen MR) is 287 cm³/mol. The molecule has 9 N–H and O–H groups in total. The summed E-state index contributed by atoms with van der Waals surface area (Å²) in [5.41, 5.74) is -1.14. The lowest BCUT2D eigenvalue weighted by Crippen LogP contribution is -2.14. The van der Waals surface area contributed by atoms with Crippen molar-refractivity contribution in [1.82, 2.24) is 14.5 Å². The molecule has 8 aromatic rings. The first kappa shape index (κ1) is 58.1. The molecule has 0 fully saturated rings. The summed E-state index contributed by atoms with van der Waals surface area (Å²) in [5.74, 6) is -4.49. The molecular weight excluding hydrogens is 1180 g/mol. The van der Waals surface area contributed by atoms with Gasteiger partial charge in [-0.05, 0) is 110 Å². The van der Waals surface area contributed by atoms with Gasteiger partial charge in [0.15, 0.2) is 22.5 Å². The Hall–Kier alpha value is -10.0. The van der Waals surface area contributed by atoms with Crippen LogP contribution in [0.3, 0.4) is 0 Å². The van der Waals surface area contributed by atoms with E-state index in [0.717, 1.165) is 53.8 Å². The second-order valence-electron chi connectivity index (χ2n) is 16.7. The number of carbonyl (C=O) groups is 3. The van der Waals surface area contributed by atoms with Crippen LogP contribution in [0.5, 0.6) is 0 Å². The number of rotatable bonds is 18. The number of carboxylic acid groups (broad SMARTS) is 2. The standard InChI is InChI=1S/C48H32N12O17S5/c1-24-38(23-50)41(51-30-6-10-34(11-7-30)79(66,67)68)55-42(52-31-8-12-35(13-9-31)80(69,70)71)39(24)56-59-48-54-40(25-2-4-32(5-3-25)53-44(61)27-19-36(81(72,73)74)21-37(20-27)82(75,76)77)45(78-48)58-57-43-26(22-49)14-15-60(43)33-17-28(46(62)63)16-29(18-33)47(64)65/h2-21H,1H3,(H,53,61)(H,62,63)(H,64,65)(H2,51,52,55)(H,66,67,68)(H,69,70,71)(H,72,73,74)(H,75,76,77). The van der Waals surface area contributed by atoms with E-state index in [1.165, 1.54) is 72.3 Å². The first-order chi connectivity index (χ1) is 38.5. The summed E-state index contributed by atoms with van der Waals surface area (Å²) in [6.45, 7) is 1.47. The number of carboxylic acids is 2. The number of carbonyl (C=O) groups excluding carboxylic acids is 1. The van der Waals surface area contributed by atoms with E-state index in [1.54, 1.807) is 0 Å². The Labute approximate surface area is 465 Å². The Morgan fingerprint density at radius 1 is 0.573 bits per heavy atom. The van der Waals surface area contributed by atoms with Gasteiger partial charge < -0.3 is 26.2 Å². The zero-order valence-corrected chi connectivity index (χ0v) is 44.9. The van der Waals surface area contributed by atoms with Gasteiger partial charge in [0.05, 0.1) is 41.8 Å². The molecule has 29 nitrogen and oxygen atoms in total. The summed E-state index contributed by atoms with van der Waals surface area (Å²) in [5, 5.41) is 65.5. The molecule has 0 saturated heterocycles. The number of nitrogens with one attached hydrogen (secondary N) is 3. The van der Waals surface area contributed by atoms with Gasteiger partial charge in [-0.15, -0.1) is 20.5 Å². The van der Waals surface area contributed by atoms with Crippen LogP contribution in [0, 0.1) is 29.6 Å². The van der Waals surface area contributed by atoms with Crippen LogP contribution in [0.1, 0.15) is 47.8 Å². The SMILES string of the molecule is Cc1c(C#N)c(Nc2ccc(S(=O)(=O)O)cc2)nc(Nc2ccc(S(=O)(=O)O)cc2)c1N=Nc1nc(-c2ccc(NC(=O)c3cc(S(=O)(=O)O)cc(S(=O)(=O)O)c3)cc2)c(N=Nc2c(C#N)ccn2-c2cc(C(=O)O)cc(C(=O)O)c2)s1. The van der Waals surface area contributed by atoms with Crippen molar-refractivity contribution in [2.24, 2.45) is 20.5 Å². The largest absolute Gasteiger partial charge is 0.478 e. The number of nitriles is 2. The summed E-state index contributed by atoms with van der Waals surface area (Å²) >= 11 is 0.732. The van der Waals surface area contributed by atoms with Gasteiger partial charge >= 0.3 is 11.9 Å². The molecule has 82 heavy (non-hydrogen) atoms. The summed E-state index contributed by atoms with van der Waals surface area (Å²) in [4.78, 5) is 43.6. The molecule has 0 radical (unpaired) electrons. The van der Waals surface area contributed by atoms with Crippen LogP contribution in [0.15, 0.2) is 161 Å². The highest BCUT2D eigenvalue weighted by molar-refractivity contribution is 7.87. The number of anilines is 5. The smallest absolute Gasteiger partial charge is 0.335 e. The minimum absolute atomic E-state index is 0.00974. The number of aromatic carboxylic acids is 2. The number of nitrogens with zero attached hydrogens (tertiary/aromatic N) is 9. The van der Waals surface area contributed by atoms with Crippen LogP contribution in [0.25, 0.3) is 16.9 Å². The molecule has 8 rings (SSSR count). The van der Waals surface area contributed by atoms with Gasteiger partial charge in [0.1, 0.15) is 23.5 Å². The lowest BCUT2D eigenvalue weighted by molar-refractivity contribution is 0.0696. The summed E-state index contributed by atoms with van der Waals surface area (Å²) in [6.07, 6.45) is 1.31. The molecule has 0 aliphatic rings. The normalized spacial score (nSPS) is 12.0. The van der Waals surface area contributed by atoms with Crippen LogP contribution in [-0.4, -0.2) is 94.5 Å². The van der Waals surface area contributed by atoms with Crippen LogP contribution in [-0.2, 0) is 40.5 Å². The van der Waals surface area contributed by atoms with Crippen LogP contribution >= 0.6 is 11.3 Å². The van der Waals surface area contributed by atoms with E-state index >= 15 is 0 Å². The maximum absolute atomic E-state index is 13.3. The number of amides is 1. The Balaban J connectivity index is 1.24. The van der Waals surface area contributed by atoms with E-state index in [0.29, 0.717) is 18.2 Å². The first-order valence-electron chi connectivity index (χ1n) is 22.2. The molecule has 3 aromatic heterocycles. The molecule has 3 heterocycles. The van der Waals surface area contributed by atoms with Gasteiger partial charge in [-0.2, -0.15) is 44.2 Å². The predicted octanol–water partition coefficient (Wildman–Crippen LogP) is 9.00. The monoisotopic (exact) mass is 1210 g/mol. The molecule has 1 amide bonds. The highest BCUT2D eigenvalue weighted by atomic mass is 32.2. The van der Waals surface area contributed by atoms with Gasteiger partial charge in [-0.25, -0.2) is 19.6 Å². The number of hydrogen-bond acceptors (Lipinski definition) is 22. The van der Waals surface area contributed by atoms with Crippen molar-refractivity contribution in [2.45, 2.75) is 26.5 Å². The molecule has 0 spiro atoms. The average Bonchev–Trinajstić information content (AvgIpc) is 3.84. The second kappa shape index (κ2) is 22.6. The Morgan fingerprint density at radius 2 is 1.09 bits per heavy atom. The van der Waals surface area contributed by atoms with E-state index in [4.69, 9.17) is 0 Å². The zero-order valence-electron chi connectivity index (χ0n) is 40.8. The van der Waals surface area contributed by atoms with Gasteiger partial charge in [0.2, 0.25) is 5.13 Å². The fourth-order valence-corrected chi connectivity index (χ4v) is 10.2. The average molecular weight is 1210 g/mol. The molecule has 34 heteroatoms. The lowest BCUT2D eigenvalue weighted by Gasteiger charge is -2.16. The quantitative estimate of drug-likeness (QED) is 0.0285. The number of pyridine rings is 1. The number of azo groups is 2. The molecule has 0 saturated carbocycles. The number of benzene rings is 5. The third kappa shape index (κ3) is 13.2. The minimum Gasteiger partial charge on any atom is -0.478 e. The van der Waals surface area contributed by atoms with E-state index < -0.39 is 94.6 Å². The van der Waals surface area contributed by atoms with Crippen molar-refractivity contribution in [1.29, 1.82) is 10.5 Å².